The molecule has 136 valence electrons. The molecule has 0 spiro atoms. The molecule has 1 aromatic carbocycles. The lowest BCUT2D eigenvalue weighted by Gasteiger charge is -2.27. The van der Waals surface area contributed by atoms with Crippen molar-refractivity contribution in [1.29, 1.82) is 0 Å². The number of fused-ring (bicyclic) bond motifs is 1. The predicted molar refractivity (Wildman–Crippen MR) is 85.9 cm³/mol. The molecule has 1 aliphatic rings. The highest BCUT2D eigenvalue weighted by molar-refractivity contribution is 5.71. The van der Waals surface area contributed by atoms with Crippen LogP contribution >= 0.6 is 0 Å². The number of imidazole rings is 1. The van der Waals surface area contributed by atoms with Crippen LogP contribution in [0.1, 0.15) is 5.56 Å². The molecule has 0 saturated carbocycles. The van der Waals surface area contributed by atoms with Gasteiger partial charge in [0.2, 0.25) is 0 Å². The summed E-state index contributed by atoms with van der Waals surface area (Å²) in [5.41, 5.74) is -0.281. The van der Waals surface area contributed by atoms with Crippen LogP contribution in [0.15, 0.2) is 30.6 Å². The molecule has 7 nitrogen and oxygen atoms in total. The Morgan fingerprint density at radius 1 is 1.12 bits per heavy atom. The molecule has 4 rings (SSSR count). The fourth-order valence-electron chi connectivity index (χ4n) is 2.89. The van der Waals surface area contributed by atoms with Crippen molar-refractivity contribution in [2.75, 3.05) is 31.2 Å². The third kappa shape index (κ3) is 2.81. The monoisotopic (exact) mass is 365 g/mol. The molecule has 1 fully saturated rings. The summed E-state index contributed by atoms with van der Waals surface area (Å²) >= 11 is 0. The maximum atomic E-state index is 12.8. The molecule has 0 aliphatic carbocycles. The van der Waals surface area contributed by atoms with Gasteiger partial charge in [0.1, 0.15) is 5.75 Å². The molecular formula is C16H14F3N5O2. The van der Waals surface area contributed by atoms with Gasteiger partial charge in [-0.1, -0.05) is 0 Å². The van der Waals surface area contributed by atoms with Gasteiger partial charge in [-0.25, -0.2) is 4.98 Å². The SMILES string of the molecule is Oc1cc(C(F)(F)F)ccc1-c1nnc(N2CCOCC2)c2nccn12. The molecule has 0 atom stereocenters. The van der Waals surface area contributed by atoms with E-state index in [4.69, 9.17) is 4.74 Å². The number of benzene rings is 1. The summed E-state index contributed by atoms with van der Waals surface area (Å²) in [5.74, 6) is 0.248. The third-order valence-corrected chi connectivity index (χ3v) is 4.18. The van der Waals surface area contributed by atoms with Crippen molar-refractivity contribution in [3.8, 4) is 17.1 Å². The second-order valence-electron chi connectivity index (χ2n) is 5.80. The Kier molecular flexibility index (Phi) is 3.91. The van der Waals surface area contributed by atoms with Crippen molar-refractivity contribution in [2.45, 2.75) is 6.18 Å². The normalized spacial score (nSPS) is 15.6. The summed E-state index contributed by atoms with van der Waals surface area (Å²) in [6.45, 7) is 2.41. The predicted octanol–water partition coefficient (Wildman–Crippen LogP) is 2.35. The van der Waals surface area contributed by atoms with Gasteiger partial charge in [-0.3, -0.25) is 4.40 Å². The molecule has 1 N–H and O–H groups in total. The summed E-state index contributed by atoms with van der Waals surface area (Å²) in [6, 6.07) is 2.75. The number of alkyl halides is 3. The number of ether oxygens (including phenoxy) is 1. The number of anilines is 1. The van der Waals surface area contributed by atoms with Gasteiger partial charge in [-0.15, -0.1) is 10.2 Å². The number of halogens is 3. The van der Waals surface area contributed by atoms with Crippen molar-refractivity contribution in [3.05, 3.63) is 36.2 Å². The third-order valence-electron chi connectivity index (χ3n) is 4.18. The summed E-state index contributed by atoms with van der Waals surface area (Å²) in [6.07, 6.45) is -1.36. The van der Waals surface area contributed by atoms with E-state index < -0.39 is 17.5 Å². The Hall–Kier alpha value is -2.88. The number of phenols is 1. The van der Waals surface area contributed by atoms with Crippen LogP contribution in [0.5, 0.6) is 5.75 Å². The van der Waals surface area contributed by atoms with E-state index in [1.165, 1.54) is 6.07 Å². The number of nitrogens with zero attached hydrogens (tertiary/aromatic N) is 5. The van der Waals surface area contributed by atoms with E-state index in [-0.39, 0.29) is 11.4 Å². The highest BCUT2D eigenvalue weighted by Crippen LogP contribution is 2.36. The summed E-state index contributed by atoms with van der Waals surface area (Å²) < 4.78 is 45.3. The standard InChI is InChI=1S/C16H14F3N5O2/c17-16(18,19)10-1-2-11(12(25)9-10)13-21-22-15(14-20-3-4-24(13)14)23-5-7-26-8-6-23/h1-4,9,25H,5-8H2. The summed E-state index contributed by atoms with van der Waals surface area (Å²) in [4.78, 5) is 6.26. The Bertz CT molecular complexity index is 951. The molecule has 3 heterocycles. The first-order valence-electron chi connectivity index (χ1n) is 7.88. The van der Waals surface area contributed by atoms with E-state index in [1.54, 1.807) is 16.8 Å². The summed E-state index contributed by atoms with van der Waals surface area (Å²) in [7, 11) is 0. The number of rotatable bonds is 2. The van der Waals surface area contributed by atoms with Crippen LogP contribution in [-0.4, -0.2) is 51.0 Å². The molecule has 0 amide bonds. The van der Waals surface area contributed by atoms with E-state index in [0.29, 0.717) is 43.8 Å². The van der Waals surface area contributed by atoms with Gasteiger partial charge in [-0.2, -0.15) is 13.2 Å². The topological polar surface area (TPSA) is 75.8 Å². The highest BCUT2D eigenvalue weighted by atomic mass is 19.4. The Balaban J connectivity index is 1.80. The second kappa shape index (κ2) is 6.13. The van der Waals surface area contributed by atoms with Gasteiger partial charge in [0.15, 0.2) is 17.3 Å². The zero-order valence-corrected chi connectivity index (χ0v) is 13.4. The minimum atomic E-state index is -4.54. The van der Waals surface area contributed by atoms with Gasteiger partial charge < -0.3 is 14.7 Å². The van der Waals surface area contributed by atoms with E-state index in [1.807, 2.05) is 4.90 Å². The maximum absolute atomic E-state index is 12.8. The number of aromatic nitrogens is 4. The molecule has 1 saturated heterocycles. The fourth-order valence-corrected chi connectivity index (χ4v) is 2.89. The first-order valence-corrected chi connectivity index (χ1v) is 7.88. The first kappa shape index (κ1) is 16.6. The lowest BCUT2D eigenvalue weighted by atomic mass is 10.1. The van der Waals surface area contributed by atoms with Gasteiger partial charge in [0.25, 0.3) is 0 Å². The Morgan fingerprint density at radius 2 is 1.88 bits per heavy atom. The van der Waals surface area contributed by atoms with Crippen LogP contribution in [0.25, 0.3) is 17.0 Å². The molecule has 10 heteroatoms. The second-order valence-corrected chi connectivity index (χ2v) is 5.80. The average Bonchev–Trinajstić information content (AvgIpc) is 3.11. The van der Waals surface area contributed by atoms with Crippen LogP contribution < -0.4 is 4.90 Å². The minimum Gasteiger partial charge on any atom is -0.507 e. The van der Waals surface area contributed by atoms with Gasteiger partial charge in [0.05, 0.1) is 24.3 Å². The van der Waals surface area contributed by atoms with E-state index in [0.717, 1.165) is 6.07 Å². The smallest absolute Gasteiger partial charge is 0.416 e. The molecule has 1 aliphatic heterocycles. The lowest BCUT2D eigenvalue weighted by Crippen LogP contribution is -2.37. The zero-order valence-electron chi connectivity index (χ0n) is 13.4. The van der Waals surface area contributed by atoms with E-state index >= 15 is 0 Å². The zero-order chi connectivity index (χ0) is 18.3. The van der Waals surface area contributed by atoms with Gasteiger partial charge in [-0.05, 0) is 18.2 Å². The van der Waals surface area contributed by atoms with Crippen LogP contribution in [0.4, 0.5) is 19.0 Å². The average molecular weight is 365 g/mol. The number of phenolic OH excluding ortho intramolecular Hbond substituents is 1. The van der Waals surface area contributed by atoms with E-state index in [9.17, 15) is 18.3 Å². The van der Waals surface area contributed by atoms with E-state index in [2.05, 4.69) is 15.2 Å². The lowest BCUT2D eigenvalue weighted by molar-refractivity contribution is -0.137. The molecule has 0 unspecified atom stereocenters. The molecule has 26 heavy (non-hydrogen) atoms. The van der Waals surface area contributed by atoms with Crippen molar-refractivity contribution >= 4 is 11.5 Å². The molecule has 3 aromatic rings. The number of morpholine rings is 1. The molecular weight excluding hydrogens is 351 g/mol. The largest absolute Gasteiger partial charge is 0.507 e. The van der Waals surface area contributed by atoms with Crippen LogP contribution in [0.2, 0.25) is 0 Å². The number of hydrogen-bond acceptors (Lipinski definition) is 6. The Labute approximate surface area is 145 Å². The molecule has 2 aromatic heterocycles. The quantitative estimate of drug-likeness (QED) is 0.751. The van der Waals surface area contributed by atoms with Gasteiger partial charge >= 0.3 is 6.18 Å². The number of hydrogen-bond donors (Lipinski definition) is 1. The van der Waals surface area contributed by atoms with Crippen LogP contribution in [0, 0.1) is 0 Å². The van der Waals surface area contributed by atoms with Crippen LogP contribution in [-0.2, 0) is 10.9 Å². The van der Waals surface area contributed by atoms with Crippen molar-refractivity contribution in [3.63, 3.8) is 0 Å². The fraction of sp³-hybridized carbons (Fsp3) is 0.312. The maximum Gasteiger partial charge on any atom is 0.416 e. The number of aromatic hydroxyl groups is 1. The minimum absolute atomic E-state index is 0.141. The Morgan fingerprint density at radius 3 is 2.58 bits per heavy atom. The van der Waals surface area contributed by atoms with Crippen molar-refractivity contribution < 1.29 is 23.0 Å². The van der Waals surface area contributed by atoms with Crippen molar-refractivity contribution in [2.24, 2.45) is 0 Å². The molecule has 0 bridgehead atoms. The van der Waals surface area contributed by atoms with Gasteiger partial charge in [0, 0.05) is 25.5 Å². The van der Waals surface area contributed by atoms with Crippen LogP contribution in [0.3, 0.4) is 0 Å². The van der Waals surface area contributed by atoms with Crippen molar-refractivity contribution in [1.82, 2.24) is 19.6 Å². The highest BCUT2D eigenvalue weighted by Gasteiger charge is 2.31. The summed E-state index contributed by atoms with van der Waals surface area (Å²) in [5, 5.41) is 18.4. The first-order chi connectivity index (χ1) is 12.4. The molecule has 0 radical (unpaired) electrons.